The number of nitrogens with zero attached hydrogens (tertiary/aromatic N) is 5. The molecule has 0 fully saturated rings. The highest BCUT2D eigenvalue weighted by Gasteiger charge is 2.45. The van der Waals surface area contributed by atoms with Gasteiger partial charge in [-0.15, -0.1) is 5.12 Å². The number of carbonyl (C=O) groups excluding carboxylic acids is 1. The Morgan fingerprint density at radius 2 is 1.40 bits per heavy atom. The van der Waals surface area contributed by atoms with Crippen LogP contribution in [0.1, 0.15) is 0 Å². The summed E-state index contributed by atoms with van der Waals surface area (Å²) in [6.45, 7) is 0. The first-order valence-corrected chi connectivity index (χ1v) is 13.7. The molecule has 43 heavy (non-hydrogen) atoms. The Morgan fingerprint density at radius 1 is 0.907 bits per heavy atom. The summed E-state index contributed by atoms with van der Waals surface area (Å²) in [5.74, 6) is -1.48. The summed E-state index contributed by atoms with van der Waals surface area (Å²) in [7, 11) is -3.83. The maximum atomic E-state index is 13.2. The zero-order chi connectivity index (χ0) is 30.7. The molecule has 0 saturated carbocycles. The van der Waals surface area contributed by atoms with Crippen molar-refractivity contribution in [2.45, 2.75) is 12.1 Å². The molecular formula is C22H21N7O12S2. The first-order valence-electron chi connectivity index (χ1n) is 11.5. The van der Waals surface area contributed by atoms with Crippen LogP contribution in [-0.2, 0) is 34.9 Å². The molecule has 2 atom stereocenters. The van der Waals surface area contributed by atoms with Gasteiger partial charge in [0.1, 0.15) is 11.5 Å². The molecule has 0 bridgehead atoms. The van der Waals surface area contributed by atoms with Gasteiger partial charge in [-0.1, -0.05) is 28.4 Å². The minimum Gasteiger partial charge on any atom is -0.870 e. The SMILES string of the molecule is COC1=CC([N+](=O)[O-])C(=S(=O)=O)C=C1N1N=C(C(=O)Nc2ccccc2)[NH2+]N1C1=CC(=S(=O)=O)C([N+](=O)[O-])C=C1OC.[OH-]. The molecule has 0 aromatic heterocycles. The van der Waals surface area contributed by atoms with Crippen LogP contribution in [-0.4, -0.2) is 90.2 Å². The van der Waals surface area contributed by atoms with Crippen LogP contribution in [0.15, 0.2) is 82.6 Å². The van der Waals surface area contributed by atoms with E-state index >= 15 is 0 Å². The average Bonchev–Trinajstić information content (AvgIpc) is 3.41. The van der Waals surface area contributed by atoms with Crippen LogP contribution in [0.2, 0.25) is 0 Å². The van der Waals surface area contributed by atoms with E-state index in [-0.39, 0.29) is 34.2 Å². The molecule has 19 nitrogen and oxygen atoms in total. The van der Waals surface area contributed by atoms with E-state index in [9.17, 15) is 41.9 Å². The molecule has 4 rings (SSSR count). The van der Waals surface area contributed by atoms with Gasteiger partial charge in [0.2, 0.25) is 20.6 Å². The van der Waals surface area contributed by atoms with Gasteiger partial charge in [0.05, 0.1) is 14.2 Å². The predicted octanol–water partition coefficient (Wildman–Crippen LogP) is -1.98. The first kappa shape index (κ1) is 32.1. The summed E-state index contributed by atoms with van der Waals surface area (Å²) in [5.41, 5.74) is 1.13. The van der Waals surface area contributed by atoms with Crippen LogP contribution in [0.25, 0.3) is 0 Å². The summed E-state index contributed by atoms with van der Waals surface area (Å²) in [6.07, 6.45) is 3.64. The smallest absolute Gasteiger partial charge is 0.336 e. The van der Waals surface area contributed by atoms with Crippen molar-refractivity contribution >= 4 is 47.7 Å². The van der Waals surface area contributed by atoms with Crippen molar-refractivity contribution in [3.63, 3.8) is 0 Å². The Morgan fingerprint density at radius 3 is 1.86 bits per heavy atom. The lowest BCUT2D eigenvalue weighted by Gasteiger charge is -2.30. The number of hydrazone groups is 1. The molecule has 1 heterocycles. The van der Waals surface area contributed by atoms with Crippen molar-refractivity contribution in [1.82, 2.24) is 10.2 Å². The lowest BCUT2D eigenvalue weighted by Crippen LogP contribution is -2.96. The molecule has 228 valence electrons. The number of benzene rings is 1. The number of carbonyl (C=O) groups is 1. The molecule has 3 aliphatic rings. The third-order valence-corrected chi connectivity index (χ3v) is 7.41. The van der Waals surface area contributed by atoms with Crippen LogP contribution in [0.5, 0.6) is 0 Å². The second kappa shape index (κ2) is 13.1. The molecule has 2 aliphatic carbocycles. The summed E-state index contributed by atoms with van der Waals surface area (Å²) >= 11 is 0. The summed E-state index contributed by atoms with van der Waals surface area (Å²) in [4.78, 5) is 33.3. The summed E-state index contributed by atoms with van der Waals surface area (Å²) in [5, 5.41) is 32.0. The van der Waals surface area contributed by atoms with E-state index in [1.807, 2.05) is 0 Å². The number of methoxy groups -OCH3 is 2. The minimum absolute atomic E-state index is 0. The van der Waals surface area contributed by atoms with Crippen molar-refractivity contribution < 1.29 is 51.9 Å². The topological polar surface area (TPSA) is 268 Å². The van der Waals surface area contributed by atoms with Crippen molar-refractivity contribution in [2.75, 3.05) is 19.5 Å². The third kappa shape index (κ3) is 6.43. The van der Waals surface area contributed by atoms with E-state index in [1.54, 1.807) is 30.3 Å². The largest absolute Gasteiger partial charge is 0.870 e. The van der Waals surface area contributed by atoms with E-state index in [0.29, 0.717) is 5.69 Å². The zero-order valence-electron chi connectivity index (χ0n) is 21.9. The number of hydrazine groups is 1. The Labute approximate surface area is 244 Å². The van der Waals surface area contributed by atoms with Gasteiger partial charge in [-0.25, -0.2) is 0 Å². The number of para-hydroxylation sites is 1. The van der Waals surface area contributed by atoms with Crippen LogP contribution >= 0.6 is 0 Å². The number of amides is 1. The van der Waals surface area contributed by atoms with Gasteiger partial charge in [0, 0.05) is 27.7 Å². The van der Waals surface area contributed by atoms with Crippen LogP contribution < -0.4 is 10.7 Å². The monoisotopic (exact) mass is 639 g/mol. The Bertz CT molecular complexity index is 1800. The number of anilines is 1. The van der Waals surface area contributed by atoms with Crippen molar-refractivity contribution in [3.05, 3.63) is 97.8 Å². The van der Waals surface area contributed by atoms with Crippen molar-refractivity contribution in [2.24, 2.45) is 5.10 Å². The second-order valence-corrected chi connectivity index (χ2v) is 10.2. The first-order chi connectivity index (χ1) is 20.0. The lowest BCUT2D eigenvalue weighted by molar-refractivity contribution is -0.721. The molecule has 1 amide bonds. The van der Waals surface area contributed by atoms with E-state index in [4.69, 9.17) is 9.47 Å². The molecule has 0 saturated heterocycles. The normalized spacial score (nSPS) is 19.5. The number of hydrogen-bond donors (Lipinski definition) is 2. The Hall–Kier alpha value is -5.38. The summed E-state index contributed by atoms with van der Waals surface area (Å²) in [6, 6.07) is 4.64. The number of nitrogens with two attached hydrogens (primary N) is 1. The fraction of sp³-hybridized carbons (Fsp3) is 0.182. The molecule has 1 aliphatic heterocycles. The standard InChI is InChI=1S/C22H19N7O11S2.H2O/c1-39-17-8-15(28(31)32)19(41(35)36)10-13(17)26-24-21(22(30)23-12-6-4-3-5-7-12)25-27(26)14-11-20(42(37)38)16(29(33)34)9-18(14)40-2;/h3-11,15-16H,1-2H3,(H,23,30)(H,24,25);1H2. The maximum absolute atomic E-state index is 13.2. The number of hydrogen-bond acceptors (Lipinski definition) is 15. The van der Waals surface area contributed by atoms with Crippen LogP contribution in [0.4, 0.5) is 5.69 Å². The van der Waals surface area contributed by atoms with E-state index in [1.165, 1.54) is 0 Å². The van der Waals surface area contributed by atoms with E-state index < -0.39 is 58.2 Å². The van der Waals surface area contributed by atoms with Gasteiger partial charge in [-0.2, -0.15) is 22.3 Å². The fourth-order valence-corrected chi connectivity index (χ4v) is 5.13. The third-order valence-electron chi connectivity index (χ3n) is 5.92. The second-order valence-electron chi connectivity index (χ2n) is 8.33. The summed E-state index contributed by atoms with van der Waals surface area (Å²) < 4.78 is 58.3. The van der Waals surface area contributed by atoms with E-state index in [2.05, 4.69) is 10.4 Å². The Balaban J connectivity index is 0.00000506. The number of quaternary nitrogens is 1. The van der Waals surface area contributed by atoms with Crippen molar-refractivity contribution in [3.8, 4) is 0 Å². The number of ether oxygens (including phenoxy) is 2. The number of amidine groups is 1. The average molecular weight is 640 g/mol. The van der Waals surface area contributed by atoms with Gasteiger partial charge in [-0.05, 0) is 24.3 Å². The lowest BCUT2D eigenvalue weighted by atomic mass is 10.0. The molecular weight excluding hydrogens is 618 g/mol. The van der Waals surface area contributed by atoms with Gasteiger partial charge in [0.25, 0.3) is 12.1 Å². The molecule has 1 aromatic carbocycles. The molecule has 1 aromatic rings. The van der Waals surface area contributed by atoms with Crippen LogP contribution in [0.3, 0.4) is 0 Å². The number of nitro groups is 2. The van der Waals surface area contributed by atoms with Crippen molar-refractivity contribution in [1.29, 1.82) is 0 Å². The van der Waals surface area contributed by atoms with Gasteiger partial charge in [-0.3, -0.25) is 25.0 Å². The van der Waals surface area contributed by atoms with Gasteiger partial charge in [0.15, 0.2) is 21.2 Å². The van der Waals surface area contributed by atoms with Gasteiger partial charge >= 0.3 is 11.7 Å². The maximum Gasteiger partial charge on any atom is 0.336 e. The van der Waals surface area contributed by atoms with Gasteiger partial charge < -0.3 is 20.3 Å². The highest BCUT2D eigenvalue weighted by molar-refractivity contribution is 7.73. The predicted molar refractivity (Wildman–Crippen MR) is 146 cm³/mol. The number of rotatable bonds is 8. The molecule has 4 N–H and O–H groups in total. The quantitative estimate of drug-likeness (QED) is 0.135. The Kier molecular flexibility index (Phi) is 9.77. The highest BCUT2D eigenvalue weighted by atomic mass is 32.2. The molecule has 2 unspecified atom stereocenters. The fourth-order valence-electron chi connectivity index (χ4n) is 4.02. The zero-order valence-corrected chi connectivity index (χ0v) is 23.6. The minimum atomic E-state index is -3.08. The molecule has 0 radical (unpaired) electrons. The molecule has 21 heteroatoms. The number of nitrogens with one attached hydrogen (secondary N) is 1. The van der Waals surface area contributed by atoms with Crippen LogP contribution in [0, 0.1) is 20.2 Å². The molecule has 0 spiro atoms. The van der Waals surface area contributed by atoms with E-state index in [0.717, 1.165) is 54.2 Å². The highest BCUT2D eigenvalue weighted by Crippen LogP contribution is 2.30.